The lowest BCUT2D eigenvalue weighted by molar-refractivity contribution is -0.137. The number of carbonyl (C=O) groups excluding carboxylic acids is 4. The number of para-hydroxylation sites is 1. The minimum Gasteiger partial charge on any atom is -0.452 e. The molecule has 0 unspecified atom stereocenters. The number of imide groups is 1. The van der Waals surface area contributed by atoms with Gasteiger partial charge in [-0.05, 0) is 67.1 Å². The third-order valence-corrected chi connectivity index (χ3v) is 7.40. The van der Waals surface area contributed by atoms with E-state index in [0.717, 1.165) is 24.1 Å². The highest BCUT2D eigenvalue weighted by atomic mass is 19.4. The van der Waals surface area contributed by atoms with Crippen LogP contribution in [-0.4, -0.2) is 30.3 Å². The molecule has 206 valence electrons. The molecule has 3 atom stereocenters. The molecular weight excluding hydrogens is 525 g/mol. The van der Waals surface area contributed by atoms with E-state index in [1.807, 2.05) is 30.3 Å². The van der Waals surface area contributed by atoms with Crippen molar-refractivity contribution in [2.75, 3.05) is 16.8 Å². The highest BCUT2D eigenvalue weighted by Gasteiger charge is 2.50. The third-order valence-electron chi connectivity index (χ3n) is 7.40. The van der Waals surface area contributed by atoms with Gasteiger partial charge in [0.15, 0.2) is 6.61 Å². The lowest BCUT2D eigenvalue weighted by atomic mass is 9.73. The molecular formula is C30H25F3N2O5. The summed E-state index contributed by atoms with van der Waals surface area (Å²) in [4.78, 5) is 52.1. The fourth-order valence-electron chi connectivity index (χ4n) is 5.45. The second kappa shape index (κ2) is 11.0. The summed E-state index contributed by atoms with van der Waals surface area (Å²) >= 11 is 0. The van der Waals surface area contributed by atoms with Crippen molar-refractivity contribution in [1.29, 1.82) is 0 Å². The molecule has 3 aromatic rings. The summed E-state index contributed by atoms with van der Waals surface area (Å²) in [5.41, 5.74) is 0.0649. The molecule has 40 heavy (non-hydrogen) atoms. The van der Waals surface area contributed by atoms with Crippen molar-refractivity contribution in [2.24, 2.45) is 11.8 Å². The predicted octanol–water partition coefficient (Wildman–Crippen LogP) is 5.57. The Bertz CT molecular complexity index is 1440. The Labute approximate surface area is 227 Å². The largest absolute Gasteiger partial charge is 0.452 e. The number of benzene rings is 3. The molecule has 0 aromatic heterocycles. The number of nitrogens with zero attached hydrogens (tertiary/aromatic N) is 1. The van der Waals surface area contributed by atoms with Gasteiger partial charge in [-0.2, -0.15) is 13.2 Å². The summed E-state index contributed by atoms with van der Waals surface area (Å²) in [6.45, 7) is -0.804. The van der Waals surface area contributed by atoms with Crippen LogP contribution in [0.4, 0.5) is 24.5 Å². The van der Waals surface area contributed by atoms with Crippen LogP contribution >= 0.6 is 0 Å². The second-order valence-corrected chi connectivity index (χ2v) is 9.86. The van der Waals surface area contributed by atoms with Crippen molar-refractivity contribution in [3.8, 4) is 0 Å². The van der Waals surface area contributed by atoms with E-state index in [4.69, 9.17) is 4.74 Å². The fourth-order valence-corrected chi connectivity index (χ4v) is 5.45. The number of halogens is 3. The van der Waals surface area contributed by atoms with E-state index in [1.54, 1.807) is 0 Å². The molecule has 1 heterocycles. The maximum Gasteiger partial charge on any atom is 0.418 e. The zero-order chi connectivity index (χ0) is 28.4. The van der Waals surface area contributed by atoms with Gasteiger partial charge in [-0.25, -0.2) is 4.79 Å². The van der Waals surface area contributed by atoms with Crippen LogP contribution in [-0.2, 0) is 25.3 Å². The van der Waals surface area contributed by atoms with Crippen molar-refractivity contribution >= 4 is 35.1 Å². The number of hydrogen-bond acceptors (Lipinski definition) is 5. The summed E-state index contributed by atoms with van der Waals surface area (Å²) in [6, 6.07) is 20.0. The Balaban J connectivity index is 1.20. The molecule has 7 nitrogen and oxygen atoms in total. The summed E-state index contributed by atoms with van der Waals surface area (Å²) in [5, 5.41) is 2.10. The number of nitrogens with one attached hydrogen (secondary N) is 1. The number of amides is 3. The van der Waals surface area contributed by atoms with Crippen molar-refractivity contribution < 1.29 is 37.1 Å². The molecule has 1 N–H and O–H groups in total. The molecule has 0 radical (unpaired) electrons. The van der Waals surface area contributed by atoms with E-state index < -0.39 is 41.8 Å². The molecule has 5 rings (SSSR count). The van der Waals surface area contributed by atoms with Gasteiger partial charge in [0, 0.05) is 0 Å². The first-order chi connectivity index (χ1) is 19.1. The van der Waals surface area contributed by atoms with Crippen molar-refractivity contribution in [1.82, 2.24) is 0 Å². The third kappa shape index (κ3) is 5.47. The van der Waals surface area contributed by atoms with Crippen LogP contribution < -0.4 is 10.2 Å². The quantitative estimate of drug-likeness (QED) is 0.320. The maximum absolute atomic E-state index is 13.3. The number of alkyl halides is 3. The van der Waals surface area contributed by atoms with Gasteiger partial charge in [-0.1, -0.05) is 42.5 Å². The Morgan fingerprint density at radius 2 is 1.50 bits per heavy atom. The SMILES string of the molecule is O=C(COC(=O)c1ccc(N2C(=O)[C@H]3C[C@@H](c4ccccc4)CC[C@H]3C2=O)cc1)Nc1ccccc1C(F)(F)F. The zero-order valence-electron chi connectivity index (χ0n) is 21.2. The van der Waals surface area contributed by atoms with Crippen molar-refractivity contribution in [3.63, 3.8) is 0 Å². The Morgan fingerprint density at radius 1 is 0.850 bits per heavy atom. The molecule has 2 fully saturated rings. The van der Waals surface area contributed by atoms with Gasteiger partial charge >= 0.3 is 12.1 Å². The maximum atomic E-state index is 13.3. The highest BCUT2D eigenvalue weighted by molar-refractivity contribution is 6.22. The van der Waals surface area contributed by atoms with Crippen LogP contribution in [0.3, 0.4) is 0 Å². The Kier molecular flexibility index (Phi) is 7.42. The lowest BCUT2D eigenvalue weighted by Crippen LogP contribution is -2.30. The molecule has 10 heteroatoms. The molecule has 1 aliphatic carbocycles. The van der Waals surface area contributed by atoms with E-state index in [9.17, 15) is 32.3 Å². The minimum absolute atomic E-state index is 0.0490. The van der Waals surface area contributed by atoms with Gasteiger partial charge in [-0.3, -0.25) is 19.3 Å². The summed E-state index contributed by atoms with van der Waals surface area (Å²) in [7, 11) is 0. The van der Waals surface area contributed by atoms with Crippen LogP contribution in [0.25, 0.3) is 0 Å². The monoisotopic (exact) mass is 550 g/mol. The molecule has 1 saturated heterocycles. The number of ether oxygens (including phenoxy) is 1. The molecule has 2 aliphatic rings. The summed E-state index contributed by atoms with van der Waals surface area (Å²) in [5.74, 6) is -2.92. The number of fused-ring (bicyclic) bond motifs is 1. The van der Waals surface area contributed by atoms with Gasteiger partial charge in [0.2, 0.25) is 11.8 Å². The predicted molar refractivity (Wildman–Crippen MR) is 139 cm³/mol. The van der Waals surface area contributed by atoms with E-state index in [0.29, 0.717) is 18.5 Å². The van der Waals surface area contributed by atoms with Crippen LogP contribution in [0.15, 0.2) is 78.9 Å². The van der Waals surface area contributed by atoms with Crippen molar-refractivity contribution in [3.05, 3.63) is 95.6 Å². The first-order valence-corrected chi connectivity index (χ1v) is 12.8. The first kappa shape index (κ1) is 27.1. The highest BCUT2D eigenvalue weighted by Crippen LogP contribution is 2.45. The number of hydrogen-bond donors (Lipinski definition) is 1. The molecule has 1 aliphatic heterocycles. The Morgan fingerprint density at radius 3 is 2.20 bits per heavy atom. The summed E-state index contributed by atoms with van der Waals surface area (Å²) in [6.07, 6.45) is -2.64. The Hall–Kier alpha value is -4.47. The van der Waals surface area contributed by atoms with Gasteiger partial charge in [0.25, 0.3) is 5.91 Å². The smallest absolute Gasteiger partial charge is 0.418 e. The molecule has 0 spiro atoms. The van der Waals surface area contributed by atoms with E-state index in [1.165, 1.54) is 41.3 Å². The van der Waals surface area contributed by atoms with Crippen molar-refractivity contribution in [2.45, 2.75) is 31.4 Å². The van der Waals surface area contributed by atoms with Crippen LogP contribution in [0.5, 0.6) is 0 Å². The average Bonchev–Trinajstić information content (AvgIpc) is 3.20. The average molecular weight is 551 g/mol. The minimum atomic E-state index is -4.66. The van der Waals surface area contributed by atoms with E-state index >= 15 is 0 Å². The van der Waals surface area contributed by atoms with Gasteiger partial charge in [0.05, 0.1) is 34.3 Å². The number of rotatable bonds is 6. The first-order valence-electron chi connectivity index (χ1n) is 12.8. The fraction of sp³-hybridized carbons (Fsp3) is 0.267. The van der Waals surface area contributed by atoms with Gasteiger partial charge < -0.3 is 10.1 Å². The van der Waals surface area contributed by atoms with Gasteiger partial charge in [0.1, 0.15) is 0 Å². The molecule has 3 amide bonds. The molecule has 1 saturated carbocycles. The van der Waals surface area contributed by atoms with Crippen LogP contribution in [0.1, 0.15) is 46.7 Å². The topological polar surface area (TPSA) is 92.8 Å². The number of esters is 1. The summed E-state index contributed by atoms with van der Waals surface area (Å²) < 4.78 is 44.3. The second-order valence-electron chi connectivity index (χ2n) is 9.86. The lowest BCUT2D eigenvalue weighted by Gasteiger charge is -2.28. The standard InChI is InChI=1S/C30H25F3N2O5/c31-30(32,33)24-8-4-5-9-25(24)34-26(36)17-40-29(39)19-10-13-21(14-11-19)35-27(37)22-15-12-20(16-23(22)28(35)38)18-6-2-1-3-7-18/h1-11,13-14,20,22-23H,12,15-17H2,(H,34,36)/t20-,22+,23-/m0/s1. The number of anilines is 2. The number of carbonyl (C=O) groups is 4. The normalized spacial score (nSPS) is 20.7. The van der Waals surface area contributed by atoms with Crippen LogP contribution in [0, 0.1) is 11.8 Å². The molecule has 0 bridgehead atoms. The van der Waals surface area contributed by atoms with E-state index in [-0.39, 0.29) is 29.2 Å². The van der Waals surface area contributed by atoms with E-state index in [2.05, 4.69) is 5.32 Å². The zero-order valence-corrected chi connectivity index (χ0v) is 21.2. The molecule has 3 aromatic carbocycles. The van der Waals surface area contributed by atoms with Gasteiger partial charge in [-0.15, -0.1) is 0 Å². The van der Waals surface area contributed by atoms with Crippen LogP contribution in [0.2, 0.25) is 0 Å².